The first-order valence-electron chi connectivity index (χ1n) is 8.83. The molecular weight excluding hydrogens is 454 g/mol. The highest BCUT2D eigenvalue weighted by Gasteiger charge is 2.16. The number of anilines is 1. The van der Waals surface area contributed by atoms with Gasteiger partial charge in [-0.3, -0.25) is 14.9 Å². The number of nitrogens with one attached hydrogen (secondary N) is 1. The Bertz CT molecular complexity index is 1010. The lowest BCUT2D eigenvalue weighted by Gasteiger charge is -2.18. The number of halogens is 1. The van der Waals surface area contributed by atoms with Crippen molar-refractivity contribution in [3.8, 4) is 5.75 Å². The first-order chi connectivity index (χ1) is 14.0. The van der Waals surface area contributed by atoms with Gasteiger partial charge >= 0.3 is 0 Å². The standard InChI is InChI=1S/C21H20BrN3O3S/c1-25(12-15-10-16(22)8-9-18(15)28-2)19(26)11-17-13-29-21(23-17)24-20(27)14-6-4-3-5-7-14/h3-10,13H,11-12H2,1-2H3,(H,23,24,27). The third-order valence-electron chi connectivity index (χ3n) is 4.22. The molecule has 0 fully saturated rings. The Kier molecular flexibility index (Phi) is 7.00. The highest BCUT2D eigenvalue weighted by atomic mass is 79.9. The van der Waals surface area contributed by atoms with Gasteiger partial charge in [-0.2, -0.15) is 0 Å². The van der Waals surface area contributed by atoms with Crippen LogP contribution in [0.1, 0.15) is 21.6 Å². The van der Waals surface area contributed by atoms with E-state index in [-0.39, 0.29) is 18.2 Å². The van der Waals surface area contributed by atoms with E-state index >= 15 is 0 Å². The third kappa shape index (κ3) is 5.65. The molecule has 0 aliphatic carbocycles. The van der Waals surface area contributed by atoms with E-state index in [1.54, 1.807) is 48.7 Å². The second kappa shape index (κ2) is 9.67. The average molecular weight is 474 g/mol. The Hall–Kier alpha value is -2.71. The molecule has 0 saturated carbocycles. The molecule has 150 valence electrons. The van der Waals surface area contributed by atoms with Gasteiger partial charge in [-0.25, -0.2) is 4.98 Å². The van der Waals surface area contributed by atoms with E-state index in [1.807, 2.05) is 24.3 Å². The monoisotopic (exact) mass is 473 g/mol. The number of carbonyl (C=O) groups is 2. The van der Waals surface area contributed by atoms with Crippen molar-refractivity contribution in [3.63, 3.8) is 0 Å². The fourth-order valence-corrected chi connectivity index (χ4v) is 3.82. The fraction of sp³-hybridized carbons (Fsp3) is 0.190. The average Bonchev–Trinajstić information content (AvgIpc) is 3.15. The molecule has 6 nitrogen and oxygen atoms in total. The molecule has 0 unspecified atom stereocenters. The van der Waals surface area contributed by atoms with Crippen molar-refractivity contribution in [3.05, 3.63) is 75.2 Å². The Morgan fingerprint density at radius 1 is 1.21 bits per heavy atom. The van der Waals surface area contributed by atoms with Crippen LogP contribution in [0, 0.1) is 0 Å². The molecule has 29 heavy (non-hydrogen) atoms. The molecule has 0 aliphatic rings. The quantitative estimate of drug-likeness (QED) is 0.552. The molecule has 8 heteroatoms. The number of hydrogen-bond acceptors (Lipinski definition) is 5. The highest BCUT2D eigenvalue weighted by Crippen LogP contribution is 2.24. The van der Waals surface area contributed by atoms with Crippen molar-refractivity contribution in [2.75, 3.05) is 19.5 Å². The lowest BCUT2D eigenvalue weighted by molar-refractivity contribution is -0.129. The lowest BCUT2D eigenvalue weighted by atomic mass is 10.2. The van der Waals surface area contributed by atoms with Crippen LogP contribution in [0.3, 0.4) is 0 Å². The summed E-state index contributed by atoms with van der Waals surface area (Å²) in [5, 5.41) is 5.02. The van der Waals surface area contributed by atoms with Crippen molar-refractivity contribution < 1.29 is 14.3 Å². The summed E-state index contributed by atoms with van der Waals surface area (Å²) in [6.45, 7) is 0.420. The first kappa shape index (κ1) is 21.0. The van der Waals surface area contributed by atoms with E-state index in [0.29, 0.717) is 22.9 Å². The number of aromatic nitrogens is 1. The van der Waals surface area contributed by atoms with Gasteiger partial charge in [-0.1, -0.05) is 34.1 Å². The van der Waals surface area contributed by atoms with Crippen molar-refractivity contribution in [2.45, 2.75) is 13.0 Å². The molecule has 0 saturated heterocycles. The number of hydrogen-bond donors (Lipinski definition) is 1. The van der Waals surface area contributed by atoms with Crippen molar-refractivity contribution in [2.24, 2.45) is 0 Å². The van der Waals surface area contributed by atoms with Crippen molar-refractivity contribution in [1.29, 1.82) is 0 Å². The number of ether oxygens (including phenoxy) is 1. The summed E-state index contributed by atoms with van der Waals surface area (Å²) in [6, 6.07) is 14.6. The number of nitrogens with zero attached hydrogens (tertiary/aromatic N) is 2. The maximum absolute atomic E-state index is 12.6. The van der Waals surface area contributed by atoms with Gasteiger partial charge in [0.1, 0.15) is 5.75 Å². The van der Waals surface area contributed by atoms with Gasteiger partial charge in [-0.05, 0) is 30.3 Å². The number of likely N-dealkylation sites (N-methyl/N-ethyl adjacent to an activating group) is 1. The molecule has 1 aromatic heterocycles. The fourth-order valence-electron chi connectivity index (χ4n) is 2.71. The van der Waals surface area contributed by atoms with Crippen LogP contribution in [0.5, 0.6) is 5.75 Å². The zero-order chi connectivity index (χ0) is 20.8. The minimum atomic E-state index is -0.225. The summed E-state index contributed by atoms with van der Waals surface area (Å²) in [4.78, 5) is 30.8. The summed E-state index contributed by atoms with van der Waals surface area (Å²) in [5.41, 5.74) is 2.09. The van der Waals surface area contributed by atoms with Crippen molar-refractivity contribution in [1.82, 2.24) is 9.88 Å². The summed E-state index contributed by atoms with van der Waals surface area (Å²) in [7, 11) is 3.35. The largest absolute Gasteiger partial charge is 0.496 e. The minimum Gasteiger partial charge on any atom is -0.496 e. The van der Waals surface area contributed by atoms with Crippen LogP contribution in [-0.4, -0.2) is 35.9 Å². The van der Waals surface area contributed by atoms with E-state index in [4.69, 9.17) is 4.74 Å². The van der Waals surface area contributed by atoms with Crippen molar-refractivity contribution >= 4 is 44.2 Å². The Morgan fingerprint density at radius 2 is 1.97 bits per heavy atom. The van der Waals surface area contributed by atoms with Crippen LogP contribution in [0.4, 0.5) is 5.13 Å². The zero-order valence-corrected chi connectivity index (χ0v) is 18.4. The van der Waals surface area contributed by atoms with Crippen LogP contribution in [0.2, 0.25) is 0 Å². The topological polar surface area (TPSA) is 71.5 Å². The molecule has 0 aliphatic heterocycles. The highest BCUT2D eigenvalue weighted by molar-refractivity contribution is 9.10. The SMILES string of the molecule is COc1ccc(Br)cc1CN(C)C(=O)Cc1csc(NC(=O)c2ccccc2)n1. The molecule has 0 bridgehead atoms. The van der Waals surface area contributed by atoms with Crippen LogP contribution >= 0.6 is 27.3 Å². The maximum Gasteiger partial charge on any atom is 0.257 e. The van der Waals surface area contributed by atoms with Gasteiger partial charge in [0, 0.05) is 34.6 Å². The van der Waals surface area contributed by atoms with Crippen LogP contribution in [-0.2, 0) is 17.8 Å². The maximum atomic E-state index is 12.6. The molecule has 2 aromatic carbocycles. The predicted octanol–water partition coefficient (Wildman–Crippen LogP) is 4.37. The minimum absolute atomic E-state index is 0.0711. The summed E-state index contributed by atoms with van der Waals surface area (Å²) in [6.07, 6.45) is 0.157. The van der Waals surface area contributed by atoms with E-state index in [1.165, 1.54) is 11.3 Å². The Morgan fingerprint density at radius 3 is 2.69 bits per heavy atom. The first-order valence-corrected chi connectivity index (χ1v) is 10.5. The van der Waals surface area contributed by atoms with Gasteiger partial charge < -0.3 is 9.64 Å². The number of rotatable bonds is 7. The molecular formula is C21H20BrN3O3S. The molecule has 2 amide bonds. The molecule has 1 heterocycles. The number of methoxy groups -OCH3 is 1. The van der Waals surface area contributed by atoms with Gasteiger partial charge in [0.25, 0.3) is 5.91 Å². The molecule has 1 N–H and O–H groups in total. The molecule has 0 spiro atoms. The Labute approximate surface area is 181 Å². The van der Waals surface area contributed by atoms with Gasteiger partial charge in [0.15, 0.2) is 5.13 Å². The van der Waals surface area contributed by atoms with Gasteiger partial charge in [0.05, 0.1) is 19.2 Å². The van der Waals surface area contributed by atoms with Crippen LogP contribution < -0.4 is 10.1 Å². The summed E-state index contributed by atoms with van der Waals surface area (Å²) in [5.74, 6) is 0.433. The third-order valence-corrected chi connectivity index (χ3v) is 5.52. The lowest BCUT2D eigenvalue weighted by Crippen LogP contribution is -2.28. The number of amides is 2. The predicted molar refractivity (Wildman–Crippen MR) is 117 cm³/mol. The number of thiazole rings is 1. The van der Waals surface area contributed by atoms with E-state index in [9.17, 15) is 9.59 Å². The second-order valence-corrected chi connectivity index (χ2v) is 8.12. The normalized spacial score (nSPS) is 10.4. The summed E-state index contributed by atoms with van der Waals surface area (Å²) >= 11 is 4.74. The molecule has 0 atom stereocenters. The van der Waals surface area contributed by atoms with E-state index in [2.05, 4.69) is 26.2 Å². The molecule has 3 rings (SSSR count). The smallest absolute Gasteiger partial charge is 0.257 e. The Balaban J connectivity index is 1.60. The summed E-state index contributed by atoms with van der Waals surface area (Å²) < 4.78 is 6.29. The number of benzene rings is 2. The van der Waals surface area contributed by atoms with Crippen LogP contribution in [0.15, 0.2) is 58.4 Å². The zero-order valence-electron chi connectivity index (χ0n) is 16.0. The molecule has 0 radical (unpaired) electrons. The van der Waals surface area contributed by atoms with Crippen LogP contribution in [0.25, 0.3) is 0 Å². The van der Waals surface area contributed by atoms with E-state index in [0.717, 1.165) is 15.8 Å². The van der Waals surface area contributed by atoms with Gasteiger partial charge in [-0.15, -0.1) is 11.3 Å². The second-order valence-electron chi connectivity index (χ2n) is 6.35. The number of carbonyl (C=O) groups excluding carboxylic acids is 2. The molecule has 3 aromatic rings. The van der Waals surface area contributed by atoms with E-state index < -0.39 is 0 Å². The van der Waals surface area contributed by atoms with Gasteiger partial charge in [0.2, 0.25) is 5.91 Å².